The van der Waals surface area contributed by atoms with E-state index < -0.39 is 47.0 Å². The number of carboxylic acids is 3. The third kappa shape index (κ3) is 14.0. The number of aliphatic carboxylic acids is 3. The van der Waals surface area contributed by atoms with Crippen molar-refractivity contribution in [3.63, 3.8) is 0 Å². The SMILES string of the molecule is CC(Cl)C(Cl)(Cl)C(=O)[O-].CC(Cl)C(Cl)(Cl)C(=O)[O-].CC(Cl)C(Cl)(Cl)C(=O)[O-].[Sb+3]. The standard InChI is InChI=1S/3C4H5Cl3O2.Sb/c3*1-2(5)4(6,7)3(8)9;/h3*2H,1H3,(H,8,9);/q;;;+3/p-3. The summed E-state index contributed by atoms with van der Waals surface area (Å²) in [6.07, 6.45) is 0. The second kappa shape index (κ2) is 15.6. The first-order valence-corrected chi connectivity index (χ1v) is 9.94. The molecule has 0 fully saturated rings. The number of hydrogen-bond acceptors (Lipinski definition) is 6. The molecule has 0 aliphatic rings. The molecule has 3 unspecified atom stereocenters. The summed E-state index contributed by atoms with van der Waals surface area (Å²) in [5.74, 6) is -4.73. The fourth-order valence-electron chi connectivity index (χ4n) is 0.487. The second-order valence-corrected chi connectivity index (χ2v) is 10.7. The van der Waals surface area contributed by atoms with Crippen molar-refractivity contribution in [1.82, 2.24) is 0 Å². The van der Waals surface area contributed by atoms with Crippen LogP contribution in [0.15, 0.2) is 0 Å². The summed E-state index contributed by atoms with van der Waals surface area (Å²) in [7, 11) is 0. The van der Waals surface area contributed by atoms with Crippen LogP contribution in [0.5, 0.6) is 0 Å². The van der Waals surface area contributed by atoms with Crippen molar-refractivity contribution in [2.24, 2.45) is 0 Å². The topological polar surface area (TPSA) is 120 Å². The summed E-state index contributed by atoms with van der Waals surface area (Å²) >= 11 is 46.9. The maximum absolute atomic E-state index is 10.0. The molecule has 164 valence electrons. The Kier molecular flexibility index (Phi) is 20.7. The van der Waals surface area contributed by atoms with Crippen molar-refractivity contribution in [3.05, 3.63) is 0 Å². The normalized spacial score (nSPS) is 14.6. The summed E-state index contributed by atoms with van der Waals surface area (Å²) in [5.41, 5.74) is 0. The Morgan fingerprint density at radius 3 is 0.679 bits per heavy atom. The second-order valence-electron chi connectivity index (χ2n) is 4.58. The average molecular weight is 693 g/mol. The predicted molar refractivity (Wildman–Crippen MR) is 110 cm³/mol. The summed E-state index contributed by atoms with van der Waals surface area (Å²) in [6.45, 7) is 4.12. The molecule has 0 heterocycles. The van der Waals surface area contributed by atoms with Crippen LogP contribution in [0.1, 0.15) is 20.8 Å². The van der Waals surface area contributed by atoms with Gasteiger partial charge in [0.05, 0.1) is 34.0 Å². The third-order valence-electron chi connectivity index (χ3n) is 2.32. The number of carbonyl (C=O) groups is 3. The van der Waals surface area contributed by atoms with E-state index in [0.29, 0.717) is 0 Å². The molecule has 0 rings (SSSR count). The molecule has 0 N–H and O–H groups in total. The van der Waals surface area contributed by atoms with Crippen molar-refractivity contribution in [2.45, 2.75) is 49.9 Å². The minimum absolute atomic E-state index is 0. The first-order valence-electron chi connectivity index (χ1n) is 6.36. The van der Waals surface area contributed by atoms with E-state index in [4.69, 9.17) is 104 Å². The number of rotatable bonds is 6. The van der Waals surface area contributed by atoms with Crippen LogP contribution in [0.2, 0.25) is 0 Å². The van der Waals surface area contributed by atoms with Gasteiger partial charge in [-0.05, 0) is 20.8 Å². The molecule has 28 heavy (non-hydrogen) atoms. The molecule has 16 heteroatoms. The molecule has 0 bridgehead atoms. The minimum atomic E-state index is -1.98. The van der Waals surface area contributed by atoms with Crippen LogP contribution in [-0.4, -0.2) is 71.5 Å². The average Bonchev–Trinajstić information content (AvgIpc) is 2.47. The molecular formula is C12H12Cl9O6Sb. The van der Waals surface area contributed by atoms with E-state index in [9.17, 15) is 29.7 Å². The Morgan fingerprint density at radius 2 is 0.679 bits per heavy atom. The van der Waals surface area contributed by atoms with Gasteiger partial charge in [0.1, 0.15) is 0 Å². The number of alkyl halides is 9. The van der Waals surface area contributed by atoms with Crippen molar-refractivity contribution in [1.29, 1.82) is 0 Å². The zero-order chi connectivity index (χ0) is 23.0. The van der Waals surface area contributed by atoms with Crippen molar-refractivity contribution < 1.29 is 29.7 Å². The maximum atomic E-state index is 10.0. The van der Waals surface area contributed by atoms with Gasteiger partial charge in [0, 0.05) is 0 Å². The van der Waals surface area contributed by atoms with Gasteiger partial charge < -0.3 is 29.7 Å². The predicted octanol–water partition coefficient (Wildman–Crippen LogP) is 1.23. The summed E-state index contributed by atoms with van der Waals surface area (Å²) < 4.78 is -5.95. The number of carbonyl (C=O) groups excluding carboxylic acids is 3. The Morgan fingerprint density at radius 1 is 0.571 bits per heavy atom. The van der Waals surface area contributed by atoms with Gasteiger partial charge in [-0.25, -0.2) is 0 Å². The molecule has 6 nitrogen and oxygen atoms in total. The third-order valence-corrected chi connectivity index (χ3v) is 6.86. The smallest absolute Gasteiger partial charge is 0.547 e. The summed E-state index contributed by atoms with van der Waals surface area (Å²) in [5, 5.41) is 27.4. The number of hydrogen-bond donors (Lipinski definition) is 0. The molecule has 0 aromatic rings. The summed E-state index contributed by atoms with van der Waals surface area (Å²) in [6, 6.07) is 0. The monoisotopic (exact) mass is 688 g/mol. The van der Waals surface area contributed by atoms with Gasteiger partial charge in [0.2, 0.25) is 0 Å². The molecule has 0 saturated heterocycles. The molecule has 0 aliphatic carbocycles. The van der Waals surface area contributed by atoms with Crippen LogP contribution >= 0.6 is 104 Å². The molecule has 2 radical (unpaired) electrons. The van der Waals surface area contributed by atoms with E-state index in [1.807, 2.05) is 0 Å². The molecule has 0 amide bonds. The Balaban J connectivity index is -0.000000152. The number of halogens is 9. The van der Waals surface area contributed by atoms with Crippen LogP contribution in [0.25, 0.3) is 0 Å². The van der Waals surface area contributed by atoms with E-state index in [2.05, 4.69) is 0 Å². The van der Waals surface area contributed by atoms with Crippen LogP contribution in [-0.2, 0) is 14.4 Å². The first kappa shape index (κ1) is 37.2. The molecule has 0 aliphatic heterocycles. The van der Waals surface area contributed by atoms with Gasteiger partial charge in [-0.2, -0.15) is 0 Å². The molecule has 0 aromatic carbocycles. The van der Waals surface area contributed by atoms with Gasteiger partial charge in [0.25, 0.3) is 0 Å². The van der Waals surface area contributed by atoms with Gasteiger partial charge in [-0.1, -0.05) is 69.6 Å². The summed E-state index contributed by atoms with van der Waals surface area (Å²) in [4.78, 5) is 30.0. The quantitative estimate of drug-likeness (QED) is 0.305. The van der Waals surface area contributed by atoms with Crippen LogP contribution in [0.3, 0.4) is 0 Å². The van der Waals surface area contributed by atoms with Gasteiger partial charge in [-0.3, -0.25) is 0 Å². The van der Waals surface area contributed by atoms with Crippen molar-refractivity contribution in [2.75, 3.05) is 0 Å². The Hall–Kier alpha value is 1.84. The first-order chi connectivity index (χ1) is 11.7. The van der Waals surface area contributed by atoms with Crippen molar-refractivity contribution >= 4 is 147 Å². The van der Waals surface area contributed by atoms with Crippen LogP contribution < -0.4 is 15.3 Å². The Labute approximate surface area is 224 Å². The zero-order valence-corrected chi connectivity index (χ0v) is 23.4. The zero-order valence-electron chi connectivity index (χ0n) is 14.0. The van der Waals surface area contributed by atoms with Crippen LogP contribution in [0.4, 0.5) is 0 Å². The molecular weight excluding hydrogens is 681 g/mol. The molecule has 3 atom stereocenters. The number of carboxylic acid groups (broad SMARTS) is 3. The van der Waals surface area contributed by atoms with Gasteiger partial charge in [-0.15, -0.1) is 34.8 Å². The van der Waals surface area contributed by atoms with E-state index in [-0.39, 0.29) is 24.4 Å². The van der Waals surface area contributed by atoms with E-state index in [1.165, 1.54) is 20.8 Å². The minimum Gasteiger partial charge on any atom is -0.547 e. The van der Waals surface area contributed by atoms with E-state index in [0.717, 1.165) is 0 Å². The van der Waals surface area contributed by atoms with Crippen LogP contribution in [0, 0.1) is 0 Å². The maximum Gasteiger partial charge on any atom is 3.00 e. The Bertz CT molecular complexity index is 440. The van der Waals surface area contributed by atoms with Gasteiger partial charge >= 0.3 is 24.4 Å². The fraction of sp³-hybridized carbons (Fsp3) is 0.750. The molecule has 0 spiro atoms. The fourth-order valence-corrected chi connectivity index (χ4v) is 0.754. The molecule has 0 aromatic heterocycles. The van der Waals surface area contributed by atoms with E-state index in [1.54, 1.807) is 0 Å². The van der Waals surface area contributed by atoms with Gasteiger partial charge in [0.15, 0.2) is 13.0 Å². The molecule has 0 saturated carbocycles. The van der Waals surface area contributed by atoms with Crippen molar-refractivity contribution in [3.8, 4) is 0 Å². The largest absolute Gasteiger partial charge is 3.00 e. The van der Waals surface area contributed by atoms with E-state index >= 15 is 0 Å².